The van der Waals surface area contributed by atoms with Crippen molar-refractivity contribution in [3.63, 3.8) is 0 Å². The number of aliphatic hydroxyl groups is 1. The maximum Gasteiger partial charge on any atom is 0.242 e. The van der Waals surface area contributed by atoms with Crippen molar-refractivity contribution in [1.82, 2.24) is 14.8 Å². The lowest BCUT2D eigenvalue weighted by atomic mass is 9.73. The highest BCUT2D eigenvalue weighted by molar-refractivity contribution is 5.88. The molecule has 2 saturated heterocycles. The van der Waals surface area contributed by atoms with E-state index in [0.717, 1.165) is 42.4 Å². The third kappa shape index (κ3) is 3.63. The molecule has 6 nitrogen and oxygen atoms in total. The number of hydrogen-bond acceptors (Lipinski definition) is 4. The maximum absolute atomic E-state index is 13.1. The Balaban J connectivity index is 1.35. The molecule has 1 aromatic heterocycles. The van der Waals surface area contributed by atoms with Crippen molar-refractivity contribution < 1.29 is 14.7 Å². The van der Waals surface area contributed by atoms with Gasteiger partial charge < -0.3 is 14.9 Å². The van der Waals surface area contributed by atoms with Crippen LogP contribution in [0.2, 0.25) is 0 Å². The van der Waals surface area contributed by atoms with Crippen LogP contribution in [0.5, 0.6) is 0 Å². The summed E-state index contributed by atoms with van der Waals surface area (Å²) < 4.78 is 0. The maximum atomic E-state index is 13.1. The fraction of sp³-hybridized carbons (Fsp3) is 0.480. The number of carbonyl (C=O) groups excluding carboxylic acids is 2. The number of pyridine rings is 1. The second kappa shape index (κ2) is 8.42. The molecular weight excluding hydrogens is 390 g/mol. The van der Waals surface area contributed by atoms with Gasteiger partial charge in [0.15, 0.2) is 0 Å². The van der Waals surface area contributed by atoms with Crippen molar-refractivity contribution in [2.75, 3.05) is 19.7 Å². The number of fused-ring (bicyclic) bond motifs is 1. The lowest BCUT2D eigenvalue weighted by Gasteiger charge is -2.59. The summed E-state index contributed by atoms with van der Waals surface area (Å²) in [4.78, 5) is 33.7. The van der Waals surface area contributed by atoms with Gasteiger partial charge in [0.05, 0.1) is 25.2 Å². The molecule has 0 spiro atoms. The van der Waals surface area contributed by atoms with Gasteiger partial charge in [-0.25, -0.2) is 0 Å². The van der Waals surface area contributed by atoms with Crippen molar-refractivity contribution >= 4 is 11.8 Å². The number of nitrogens with zero attached hydrogens (tertiary/aromatic N) is 3. The topological polar surface area (TPSA) is 73.7 Å². The molecule has 0 unspecified atom stereocenters. The number of rotatable bonds is 4. The molecule has 6 heteroatoms. The van der Waals surface area contributed by atoms with Crippen LogP contribution >= 0.6 is 0 Å². The highest BCUT2D eigenvalue weighted by atomic mass is 16.3. The monoisotopic (exact) mass is 419 g/mol. The second-order valence-electron chi connectivity index (χ2n) is 9.06. The molecule has 3 heterocycles. The summed E-state index contributed by atoms with van der Waals surface area (Å²) in [5.41, 5.74) is 3.25. The van der Waals surface area contributed by atoms with E-state index in [1.165, 1.54) is 6.42 Å². The number of amides is 2. The van der Waals surface area contributed by atoms with Crippen LogP contribution in [0.1, 0.15) is 43.6 Å². The Labute approximate surface area is 182 Å². The molecule has 3 aliphatic rings. The molecule has 2 amide bonds. The lowest BCUT2D eigenvalue weighted by molar-refractivity contribution is -0.168. The SMILES string of the molecule is O=C(C1CCCCC1)N1CC(=O)N2[C@H](CO)[C@@H](c3ccc(-c4cccnc4)cc3)[C@H]2C1. The molecule has 0 bridgehead atoms. The Hall–Kier alpha value is -2.73. The zero-order valence-corrected chi connectivity index (χ0v) is 17.7. The number of benzene rings is 1. The van der Waals surface area contributed by atoms with E-state index < -0.39 is 0 Å². The van der Waals surface area contributed by atoms with E-state index >= 15 is 0 Å². The normalized spacial score (nSPS) is 26.4. The molecule has 1 aliphatic carbocycles. The smallest absolute Gasteiger partial charge is 0.242 e. The van der Waals surface area contributed by atoms with Crippen molar-refractivity contribution in [3.8, 4) is 11.1 Å². The van der Waals surface area contributed by atoms with Gasteiger partial charge in [0.1, 0.15) is 0 Å². The first kappa shape index (κ1) is 20.2. The van der Waals surface area contributed by atoms with Gasteiger partial charge in [-0.05, 0) is 35.6 Å². The number of piperazine rings is 1. The molecule has 31 heavy (non-hydrogen) atoms. The molecule has 1 aromatic carbocycles. The Morgan fingerprint density at radius 3 is 2.52 bits per heavy atom. The van der Waals surface area contributed by atoms with E-state index in [1.807, 2.05) is 23.2 Å². The molecule has 162 valence electrons. The molecule has 1 saturated carbocycles. The van der Waals surface area contributed by atoms with Gasteiger partial charge in [-0.3, -0.25) is 14.6 Å². The molecular formula is C25H29N3O3. The summed E-state index contributed by atoms with van der Waals surface area (Å²) in [7, 11) is 0. The number of hydrogen-bond donors (Lipinski definition) is 1. The van der Waals surface area contributed by atoms with E-state index in [9.17, 15) is 14.7 Å². The molecule has 3 atom stereocenters. The second-order valence-corrected chi connectivity index (χ2v) is 9.06. The standard InChI is InChI=1S/C25H29N3O3/c29-16-22-24(18-10-8-17(9-11-18)20-7-4-12-26-13-20)21-14-27(15-23(30)28(21)22)25(31)19-5-2-1-3-6-19/h4,7-13,19,21-22,24,29H,1-3,5-6,14-16H2/t21-,22-,24+/m1/s1. The van der Waals surface area contributed by atoms with Crippen molar-refractivity contribution in [2.45, 2.75) is 50.1 Å². The van der Waals surface area contributed by atoms with Gasteiger partial charge in [-0.1, -0.05) is 49.6 Å². The highest BCUT2D eigenvalue weighted by Crippen LogP contribution is 2.43. The van der Waals surface area contributed by atoms with E-state index in [1.54, 1.807) is 11.1 Å². The van der Waals surface area contributed by atoms with Crippen LogP contribution in [0.25, 0.3) is 11.1 Å². The average molecular weight is 420 g/mol. The van der Waals surface area contributed by atoms with Crippen LogP contribution in [0, 0.1) is 5.92 Å². The first-order chi connectivity index (χ1) is 15.2. The third-order valence-corrected chi connectivity index (χ3v) is 7.31. The number of carbonyl (C=O) groups is 2. The summed E-state index contributed by atoms with van der Waals surface area (Å²) in [6.45, 7) is 0.648. The van der Waals surface area contributed by atoms with Crippen LogP contribution in [0.3, 0.4) is 0 Å². The van der Waals surface area contributed by atoms with Gasteiger partial charge >= 0.3 is 0 Å². The average Bonchev–Trinajstić information content (AvgIpc) is 2.81. The molecule has 2 aromatic rings. The van der Waals surface area contributed by atoms with Gasteiger partial charge in [-0.15, -0.1) is 0 Å². The van der Waals surface area contributed by atoms with Gasteiger partial charge in [0.2, 0.25) is 11.8 Å². The number of aromatic nitrogens is 1. The van der Waals surface area contributed by atoms with Crippen molar-refractivity contribution in [2.24, 2.45) is 5.92 Å². The zero-order chi connectivity index (χ0) is 21.4. The van der Waals surface area contributed by atoms with Gasteiger partial charge in [-0.2, -0.15) is 0 Å². The Bertz CT molecular complexity index is 940. The van der Waals surface area contributed by atoms with Crippen LogP contribution in [-0.4, -0.2) is 63.5 Å². The van der Waals surface area contributed by atoms with E-state index in [2.05, 4.69) is 29.2 Å². The fourth-order valence-corrected chi connectivity index (χ4v) is 5.71. The van der Waals surface area contributed by atoms with E-state index in [0.29, 0.717) is 6.54 Å². The quantitative estimate of drug-likeness (QED) is 0.827. The van der Waals surface area contributed by atoms with Gasteiger partial charge in [0.25, 0.3) is 0 Å². The molecule has 1 N–H and O–H groups in total. The van der Waals surface area contributed by atoms with E-state index in [4.69, 9.17) is 0 Å². The minimum Gasteiger partial charge on any atom is -0.394 e. The predicted octanol–water partition coefficient (Wildman–Crippen LogP) is 2.83. The third-order valence-electron chi connectivity index (χ3n) is 7.31. The molecule has 2 aliphatic heterocycles. The highest BCUT2D eigenvalue weighted by Gasteiger charge is 2.54. The Morgan fingerprint density at radius 2 is 1.84 bits per heavy atom. The van der Waals surface area contributed by atoms with Crippen molar-refractivity contribution in [3.05, 3.63) is 54.4 Å². The van der Waals surface area contributed by atoms with Gasteiger partial charge in [0, 0.05) is 30.8 Å². The van der Waals surface area contributed by atoms with E-state index in [-0.39, 0.29) is 48.9 Å². The first-order valence-electron chi connectivity index (χ1n) is 11.4. The van der Waals surface area contributed by atoms with Crippen LogP contribution < -0.4 is 0 Å². The largest absolute Gasteiger partial charge is 0.394 e. The predicted molar refractivity (Wildman–Crippen MR) is 117 cm³/mol. The molecule has 0 radical (unpaired) electrons. The van der Waals surface area contributed by atoms with Crippen LogP contribution in [0.4, 0.5) is 0 Å². The van der Waals surface area contributed by atoms with Crippen LogP contribution in [-0.2, 0) is 9.59 Å². The summed E-state index contributed by atoms with van der Waals surface area (Å²) in [6, 6.07) is 12.0. The minimum absolute atomic E-state index is 0.0392. The zero-order valence-electron chi connectivity index (χ0n) is 17.7. The Kier molecular flexibility index (Phi) is 5.48. The summed E-state index contributed by atoms with van der Waals surface area (Å²) in [6.07, 6.45) is 8.89. The summed E-state index contributed by atoms with van der Waals surface area (Å²) >= 11 is 0. The summed E-state index contributed by atoms with van der Waals surface area (Å²) in [5.74, 6) is 0.214. The first-order valence-corrected chi connectivity index (χ1v) is 11.4. The van der Waals surface area contributed by atoms with Crippen molar-refractivity contribution in [1.29, 1.82) is 0 Å². The fourth-order valence-electron chi connectivity index (χ4n) is 5.71. The molecule has 3 fully saturated rings. The number of aliphatic hydroxyl groups excluding tert-OH is 1. The summed E-state index contributed by atoms with van der Waals surface area (Å²) in [5, 5.41) is 10.0. The molecule has 5 rings (SSSR count). The lowest BCUT2D eigenvalue weighted by Crippen LogP contribution is -2.73. The Morgan fingerprint density at radius 1 is 1.06 bits per heavy atom. The minimum atomic E-state index is -0.214. The van der Waals surface area contributed by atoms with Crippen LogP contribution in [0.15, 0.2) is 48.8 Å².